The van der Waals surface area contributed by atoms with Gasteiger partial charge in [0.15, 0.2) is 0 Å². The lowest BCUT2D eigenvalue weighted by atomic mass is 9.93. The van der Waals surface area contributed by atoms with Crippen molar-refractivity contribution in [2.75, 3.05) is 0 Å². The second-order valence-electron chi connectivity index (χ2n) is 7.28. The van der Waals surface area contributed by atoms with Crippen molar-refractivity contribution in [2.45, 2.75) is 52.2 Å². The van der Waals surface area contributed by atoms with Gasteiger partial charge in [-0.3, -0.25) is 4.90 Å². The van der Waals surface area contributed by atoms with Crippen molar-refractivity contribution >= 4 is 0 Å². The second-order valence-corrected chi connectivity index (χ2v) is 7.28. The van der Waals surface area contributed by atoms with Crippen molar-refractivity contribution in [3.8, 4) is 5.75 Å². The topological polar surface area (TPSA) is 23.5 Å². The summed E-state index contributed by atoms with van der Waals surface area (Å²) in [5.74, 6) is -0.336. The average Bonchev–Trinajstić information content (AvgIpc) is 3.00. The Kier molecular flexibility index (Phi) is 4.35. The number of aryl methyl sites for hydroxylation is 2. The van der Waals surface area contributed by atoms with Crippen molar-refractivity contribution in [1.29, 1.82) is 0 Å². The molecule has 0 radical (unpaired) electrons. The van der Waals surface area contributed by atoms with Crippen LogP contribution in [-0.4, -0.2) is 15.5 Å². The number of halogens is 2. The summed E-state index contributed by atoms with van der Waals surface area (Å²) in [6.07, 6.45) is 1.72. The molecule has 0 aromatic heterocycles. The molecule has 1 heterocycles. The third kappa shape index (κ3) is 3.16. The first-order valence-corrected chi connectivity index (χ1v) is 8.27. The van der Waals surface area contributed by atoms with Crippen molar-refractivity contribution < 1.29 is 13.9 Å². The first-order chi connectivity index (χ1) is 11.3. The Balaban J connectivity index is 1.71. The smallest absolute Gasteiger partial charge is 0.128 e. The molecule has 0 bridgehead atoms. The van der Waals surface area contributed by atoms with Gasteiger partial charge in [0.2, 0.25) is 0 Å². The third-order valence-corrected chi connectivity index (χ3v) is 5.16. The summed E-state index contributed by atoms with van der Waals surface area (Å²) in [7, 11) is 0. The molecule has 0 atom stereocenters. The van der Waals surface area contributed by atoms with E-state index in [9.17, 15) is 13.9 Å². The minimum Gasteiger partial charge on any atom is -0.508 e. The highest BCUT2D eigenvalue weighted by atomic mass is 19.1. The molecule has 1 aliphatic rings. The Morgan fingerprint density at radius 3 is 2.17 bits per heavy atom. The Bertz CT molecular complexity index is 739. The number of aromatic hydroxyl groups is 1. The van der Waals surface area contributed by atoms with Crippen LogP contribution >= 0.6 is 0 Å². The summed E-state index contributed by atoms with van der Waals surface area (Å²) in [6, 6.07) is 8.06. The van der Waals surface area contributed by atoms with Crippen molar-refractivity contribution in [3.05, 3.63) is 64.2 Å². The SMILES string of the molecule is Cc1cc(CCC(C)(C)N2Cc3c(F)ccc(F)c3C2)ccc1O. The minimum absolute atomic E-state index is 0.177. The van der Waals surface area contributed by atoms with E-state index in [0.717, 1.165) is 24.0 Å². The van der Waals surface area contributed by atoms with Crippen LogP contribution in [0, 0.1) is 18.6 Å². The van der Waals surface area contributed by atoms with Crippen LogP contribution in [0.3, 0.4) is 0 Å². The summed E-state index contributed by atoms with van der Waals surface area (Å²) in [5, 5.41) is 9.62. The van der Waals surface area contributed by atoms with Gasteiger partial charge in [-0.1, -0.05) is 12.1 Å². The lowest BCUT2D eigenvalue weighted by molar-refractivity contribution is 0.108. The highest BCUT2D eigenvalue weighted by Gasteiger charge is 2.34. The van der Waals surface area contributed by atoms with Crippen LogP contribution in [0.2, 0.25) is 0 Å². The number of hydrogen-bond acceptors (Lipinski definition) is 2. The Labute approximate surface area is 141 Å². The first kappa shape index (κ1) is 16.9. The van der Waals surface area contributed by atoms with E-state index >= 15 is 0 Å². The molecule has 0 unspecified atom stereocenters. The van der Waals surface area contributed by atoms with Gasteiger partial charge < -0.3 is 5.11 Å². The number of benzene rings is 2. The quantitative estimate of drug-likeness (QED) is 0.877. The Morgan fingerprint density at radius 2 is 1.62 bits per heavy atom. The molecular weight excluding hydrogens is 308 g/mol. The number of phenols is 1. The number of nitrogens with zero attached hydrogens (tertiary/aromatic N) is 1. The van der Waals surface area contributed by atoms with Gasteiger partial charge in [0.1, 0.15) is 17.4 Å². The van der Waals surface area contributed by atoms with E-state index in [1.807, 2.05) is 19.1 Å². The fourth-order valence-corrected chi connectivity index (χ4v) is 3.32. The minimum atomic E-state index is -0.321. The van der Waals surface area contributed by atoms with Crippen molar-refractivity contribution in [3.63, 3.8) is 0 Å². The van der Waals surface area contributed by atoms with Crippen LogP contribution in [0.1, 0.15) is 42.5 Å². The van der Waals surface area contributed by atoms with Crippen molar-refractivity contribution in [2.24, 2.45) is 0 Å². The highest BCUT2D eigenvalue weighted by Crippen LogP contribution is 2.34. The molecule has 0 amide bonds. The van der Waals surface area contributed by atoms with E-state index < -0.39 is 0 Å². The van der Waals surface area contributed by atoms with Crippen LogP contribution < -0.4 is 0 Å². The van der Waals surface area contributed by atoms with Gasteiger partial charge >= 0.3 is 0 Å². The Hall–Kier alpha value is -1.94. The zero-order valence-corrected chi connectivity index (χ0v) is 14.4. The molecule has 0 spiro atoms. The van der Waals surface area contributed by atoms with Crippen LogP contribution in [0.15, 0.2) is 30.3 Å². The summed E-state index contributed by atoms with van der Waals surface area (Å²) < 4.78 is 27.9. The molecule has 3 rings (SSSR count). The average molecular weight is 331 g/mol. The standard InChI is InChI=1S/C20H23F2NO/c1-13-10-14(4-7-19(13)24)8-9-20(2,3)23-11-15-16(12-23)18(22)6-5-17(15)21/h4-7,10,24H,8-9,11-12H2,1-3H3. The van der Waals surface area contributed by atoms with Gasteiger partial charge in [-0.15, -0.1) is 0 Å². The maximum Gasteiger partial charge on any atom is 0.128 e. The molecule has 0 saturated carbocycles. The predicted molar refractivity (Wildman–Crippen MR) is 90.8 cm³/mol. The van der Waals surface area contributed by atoms with E-state index in [1.54, 1.807) is 6.07 Å². The highest BCUT2D eigenvalue weighted by molar-refractivity contribution is 5.35. The number of rotatable bonds is 4. The van der Waals surface area contributed by atoms with E-state index in [1.165, 1.54) is 12.1 Å². The zero-order chi connectivity index (χ0) is 17.5. The molecule has 2 aromatic rings. The first-order valence-electron chi connectivity index (χ1n) is 8.27. The van der Waals surface area contributed by atoms with Gasteiger partial charge in [0.25, 0.3) is 0 Å². The molecule has 1 aliphatic heterocycles. The van der Waals surface area contributed by atoms with E-state index in [2.05, 4.69) is 18.7 Å². The van der Waals surface area contributed by atoms with Crippen LogP contribution in [0.25, 0.3) is 0 Å². The molecule has 1 N–H and O–H groups in total. The number of phenolic OH excluding ortho intramolecular Hbond substituents is 1. The fourth-order valence-electron chi connectivity index (χ4n) is 3.32. The molecule has 128 valence electrons. The molecule has 24 heavy (non-hydrogen) atoms. The largest absolute Gasteiger partial charge is 0.508 e. The number of hydrogen-bond donors (Lipinski definition) is 1. The second kappa shape index (κ2) is 6.17. The Morgan fingerprint density at radius 1 is 1.04 bits per heavy atom. The van der Waals surface area contributed by atoms with Gasteiger partial charge in [0, 0.05) is 29.8 Å². The zero-order valence-electron chi connectivity index (χ0n) is 14.4. The lowest BCUT2D eigenvalue weighted by Crippen LogP contribution is -2.40. The fraction of sp³-hybridized carbons (Fsp3) is 0.400. The lowest BCUT2D eigenvalue weighted by Gasteiger charge is -2.35. The van der Waals surface area contributed by atoms with E-state index in [0.29, 0.717) is 30.0 Å². The van der Waals surface area contributed by atoms with E-state index in [-0.39, 0.29) is 17.2 Å². The molecule has 4 heteroatoms. The van der Waals surface area contributed by atoms with Crippen LogP contribution in [0.5, 0.6) is 5.75 Å². The molecular formula is C20H23F2NO. The normalized spacial score (nSPS) is 14.9. The van der Waals surface area contributed by atoms with Gasteiger partial charge in [-0.2, -0.15) is 0 Å². The van der Waals surface area contributed by atoms with Gasteiger partial charge in [-0.05, 0) is 62.9 Å². The molecule has 0 fully saturated rings. The maximum absolute atomic E-state index is 13.9. The van der Waals surface area contributed by atoms with Crippen LogP contribution in [-0.2, 0) is 19.5 Å². The molecule has 2 aromatic carbocycles. The van der Waals surface area contributed by atoms with E-state index in [4.69, 9.17) is 0 Å². The maximum atomic E-state index is 13.9. The van der Waals surface area contributed by atoms with Gasteiger partial charge in [-0.25, -0.2) is 8.78 Å². The third-order valence-electron chi connectivity index (χ3n) is 5.16. The van der Waals surface area contributed by atoms with Gasteiger partial charge in [0.05, 0.1) is 0 Å². The molecule has 2 nitrogen and oxygen atoms in total. The molecule has 0 aliphatic carbocycles. The summed E-state index contributed by atoms with van der Waals surface area (Å²) >= 11 is 0. The van der Waals surface area contributed by atoms with Crippen LogP contribution in [0.4, 0.5) is 8.78 Å². The predicted octanol–water partition coefficient (Wildman–Crippen LogP) is 4.71. The number of fused-ring (bicyclic) bond motifs is 1. The van der Waals surface area contributed by atoms with Crippen molar-refractivity contribution in [1.82, 2.24) is 4.90 Å². The molecule has 0 saturated heterocycles. The summed E-state index contributed by atoms with van der Waals surface area (Å²) in [6.45, 7) is 7.00. The monoisotopic (exact) mass is 331 g/mol. The summed E-state index contributed by atoms with van der Waals surface area (Å²) in [4.78, 5) is 2.14. The summed E-state index contributed by atoms with van der Waals surface area (Å²) in [5.41, 5.74) is 2.83.